The molecule has 2 heteroatoms. The van der Waals surface area contributed by atoms with Gasteiger partial charge >= 0.3 is 5.97 Å². The van der Waals surface area contributed by atoms with Crippen molar-refractivity contribution in [3.63, 3.8) is 0 Å². The molecule has 70 valence electrons. The molecule has 0 N–H and O–H groups in total. The number of hydrogen-bond donors (Lipinski definition) is 0. The molecule has 0 radical (unpaired) electrons. The van der Waals surface area contributed by atoms with Crippen LogP contribution in [0, 0.1) is 5.41 Å². The summed E-state index contributed by atoms with van der Waals surface area (Å²) in [6, 6.07) is 0. The van der Waals surface area contributed by atoms with Gasteiger partial charge in [0.05, 0.1) is 12.5 Å². The zero-order valence-corrected chi connectivity index (χ0v) is 8.22. The molecule has 0 saturated heterocycles. The molecule has 0 aromatic rings. The predicted octanol–water partition coefficient (Wildman–Crippen LogP) is 2.54. The molecular formula is C10H18O2. The van der Waals surface area contributed by atoms with Crippen molar-refractivity contribution >= 4 is 5.97 Å². The molecule has 0 aliphatic heterocycles. The van der Waals surface area contributed by atoms with Crippen molar-refractivity contribution in [2.75, 3.05) is 7.11 Å². The van der Waals surface area contributed by atoms with Crippen molar-refractivity contribution in [1.29, 1.82) is 0 Å². The second kappa shape index (κ2) is 4.96. The van der Waals surface area contributed by atoms with E-state index in [1.54, 1.807) is 6.08 Å². The van der Waals surface area contributed by atoms with E-state index in [4.69, 9.17) is 4.74 Å². The molecular weight excluding hydrogens is 152 g/mol. The molecule has 1 unspecified atom stereocenters. The highest BCUT2D eigenvalue weighted by Crippen LogP contribution is 2.26. The molecule has 0 aliphatic rings. The van der Waals surface area contributed by atoms with Crippen LogP contribution in [-0.4, -0.2) is 13.1 Å². The third-order valence-corrected chi connectivity index (χ3v) is 2.15. The average molecular weight is 170 g/mol. The van der Waals surface area contributed by atoms with Gasteiger partial charge in [-0.1, -0.05) is 25.8 Å². The first kappa shape index (κ1) is 11.2. The molecule has 12 heavy (non-hydrogen) atoms. The lowest BCUT2D eigenvalue weighted by atomic mass is 9.85. The summed E-state index contributed by atoms with van der Waals surface area (Å²) in [5.41, 5.74) is -0.495. The lowest BCUT2D eigenvalue weighted by molar-refractivity contribution is -0.149. The highest BCUT2D eigenvalue weighted by molar-refractivity contribution is 5.78. The van der Waals surface area contributed by atoms with Crippen molar-refractivity contribution in [2.24, 2.45) is 5.41 Å². The van der Waals surface area contributed by atoms with Crippen LogP contribution in [0.5, 0.6) is 0 Å². The summed E-state index contributed by atoms with van der Waals surface area (Å²) in [6.45, 7) is 7.61. The fourth-order valence-corrected chi connectivity index (χ4v) is 1.06. The van der Waals surface area contributed by atoms with Gasteiger partial charge in [-0.15, -0.1) is 6.58 Å². The normalized spacial score (nSPS) is 14.9. The number of unbranched alkanes of at least 4 members (excludes halogenated alkanes) is 1. The van der Waals surface area contributed by atoms with Crippen LogP contribution in [-0.2, 0) is 9.53 Å². The molecule has 0 saturated carbocycles. The summed E-state index contributed by atoms with van der Waals surface area (Å²) in [4.78, 5) is 11.3. The maximum atomic E-state index is 11.3. The van der Waals surface area contributed by atoms with Crippen LogP contribution < -0.4 is 0 Å². The van der Waals surface area contributed by atoms with E-state index in [0.717, 1.165) is 19.3 Å². The van der Waals surface area contributed by atoms with E-state index in [0.29, 0.717) is 0 Å². The molecule has 2 nitrogen and oxygen atoms in total. The maximum absolute atomic E-state index is 11.3. The highest BCUT2D eigenvalue weighted by atomic mass is 16.5. The number of hydrogen-bond acceptors (Lipinski definition) is 2. The molecule has 0 fully saturated rings. The number of rotatable bonds is 5. The Hall–Kier alpha value is -0.790. The van der Waals surface area contributed by atoms with Crippen LogP contribution in [0.4, 0.5) is 0 Å². The van der Waals surface area contributed by atoms with Crippen LogP contribution in [0.15, 0.2) is 12.7 Å². The molecule has 0 aromatic heterocycles. The Morgan fingerprint density at radius 1 is 1.67 bits per heavy atom. The van der Waals surface area contributed by atoms with E-state index in [-0.39, 0.29) is 5.97 Å². The first-order valence-corrected chi connectivity index (χ1v) is 4.32. The number of methoxy groups -OCH3 is 1. The van der Waals surface area contributed by atoms with E-state index in [1.807, 2.05) is 6.92 Å². The Morgan fingerprint density at radius 3 is 2.58 bits per heavy atom. The van der Waals surface area contributed by atoms with Crippen LogP contribution in [0.2, 0.25) is 0 Å². The zero-order valence-electron chi connectivity index (χ0n) is 8.22. The summed E-state index contributed by atoms with van der Waals surface area (Å²) in [7, 11) is 1.41. The van der Waals surface area contributed by atoms with Gasteiger partial charge in [-0.25, -0.2) is 0 Å². The molecule has 0 aliphatic carbocycles. The summed E-state index contributed by atoms with van der Waals surface area (Å²) in [6.07, 6.45) is 4.60. The van der Waals surface area contributed by atoms with Gasteiger partial charge in [0.25, 0.3) is 0 Å². The number of ether oxygens (including phenoxy) is 1. The van der Waals surface area contributed by atoms with Crippen LogP contribution in [0.1, 0.15) is 33.1 Å². The average Bonchev–Trinajstić information content (AvgIpc) is 2.12. The zero-order chi connectivity index (χ0) is 9.61. The van der Waals surface area contributed by atoms with Gasteiger partial charge < -0.3 is 4.74 Å². The minimum atomic E-state index is -0.495. The number of esters is 1. The monoisotopic (exact) mass is 170 g/mol. The SMILES string of the molecule is C=CC(C)(CCCC)C(=O)OC. The van der Waals surface area contributed by atoms with Gasteiger partial charge in [0.15, 0.2) is 0 Å². The minimum Gasteiger partial charge on any atom is -0.468 e. The summed E-state index contributed by atoms with van der Waals surface area (Å²) in [5.74, 6) is -0.189. The van der Waals surface area contributed by atoms with Gasteiger partial charge in [0.2, 0.25) is 0 Å². The van der Waals surface area contributed by atoms with Crippen molar-refractivity contribution in [2.45, 2.75) is 33.1 Å². The molecule has 1 atom stereocenters. The van der Waals surface area contributed by atoms with Crippen molar-refractivity contribution in [3.05, 3.63) is 12.7 Å². The van der Waals surface area contributed by atoms with Gasteiger partial charge in [-0.05, 0) is 13.3 Å². The second-order valence-corrected chi connectivity index (χ2v) is 3.22. The number of carbonyl (C=O) groups is 1. The van der Waals surface area contributed by atoms with E-state index in [1.165, 1.54) is 7.11 Å². The number of carbonyl (C=O) groups excluding carboxylic acids is 1. The molecule has 0 spiro atoms. The lowest BCUT2D eigenvalue weighted by Gasteiger charge is -2.21. The highest BCUT2D eigenvalue weighted by Gasteiger charge is 2.29. The van der Waals surface area contributed by atoms with Crippen LogP contribution >= 0.6 is 0 Å². The first-order valence-electron chi connectivity index (χ1n) is 4.32. The van der Waals surface area contributed by atoms with E-state index < -0.39 is 5.41 Å². The summed E-state index contributed by atoms with van der Waals surface area (Å²) >= 11 is 0. The maximum Gasteiger partial charge on any atom is 0.315 e. The Labute approximate surface area is 74.6 Å². The van der Waals surface area contributed by atoms with Gasteiger partial charge in [0, 0.05) is 0 Å². The Kier molecular flexibility index (Phi) is 4.64. The summed E-state index contributed by atoms with van der Waals surface area (Å²) in [5, 5.41) is 0. The van der Waals surface area contributed by atoms with E-state index >= 15 is 0 Å². The first-order chi connectivity index (χ1) is 5.60. The van der Waals surface area contributed by atoms with Crippen LogP contribution in [0.25, 0.3) is 0 Å². The third-order valence-electron chi connectivity index (χ3n) is 2.15. The third kappa shape index (κ3) is 2.68. The molecule has 0 bridgehead atoms. The summed E-state index contributed by atoms with van der Waals surface area (Å²) < 4.78 is 4.69. The van der Waals surface area contributed by atoms with Gasteiger partial charge in [-0.3, -0.25) is 4.79 Å². The van der Waals surface area contributed by atoms with E-state index in [9.17, 15) is 4.79 Å². The molecule has 0 aromatic carbocycles. The minimum absolute atomic E-state index is 0.189. The molecule has 0 heterocycles. The fourth-order valence-electron chi connectivity index (χ4n) is 1.06. The van der Waals surface area contributed by atoms with Crippen molar-refractivity contribution in [1.82, 2.24) is 0 Å². The van der Waals surface area contributed by atoms with Crippen molar-refractivity contribution in [3.8, 4) is 0 Å². The van der Waals surface area contributed by atoms with Crippen molar-refractivity contribution < 1.29 is 9.53 Å². The fraction of sp³-hybridized carbons (Fsp3) is 0.700. The smallest absolute Gasteiger partial charge is 0.315 e. The standard InChI is InChI=1S/C10H18O2/c1-5-7-8-10(3,6-2)9(11)12-4/h6H,2,5,7-8H2,1,3-4H3. The van der Waals surface area contributed by atoms with E-state index in [2.05, 4.69) is 13.5 Å². The Morgan fingerprint density at radius 2 is 2.25 bits per heavy atom. The quantitative estimate of drug-likeness (QED) is 0.468. The van der Waals surface area contributed by atoms with Crippen LogP contribution in [0.3, 0.4) is 0 Å². The molecule has 0 amide bonds. The van der Waals surface area contributed by atoms with Gasteiger partial charge in [-0.2, -0.15) is 0 Å². The van der Waals surface area contributed by atoms with Gasteiger partial charge in [0.1, 0.15) is 0 Å². The predicted molar refractivity (Wildman–Crippen MR) is 49.8 cm³/mol. The topological polar surface area (TPSA) is 26.3 Å². The Balaban J connectivity index is 4.23. The Bertz CT molecular complexity index is 163. The second-order valence-electron chi connectivity index (χ2n) is 3.22. The molecule has 0 rings (SSSR count). The largest absolute Gasteiger partial charge is 0.468 e. The lowest BCUT2D eigenvalue weighted by Crippen LogP contribution is -2.26.